The van der Waals surface area contributed by atoms with Crippen LogP contribution in [0.3, 0.4) is 0 Å². The van der Waals surface area contributed by atoms with Gasteiger partial charge in [0.05, 0.1) is 6.10 Å². The Bertz CT molecular complexity index is 1280. The molecule has 0 aliphatic heterocycles. The van der Waals surface area contributed by atoms with E-state index in [1.807, 2.05) is 60.7 Å². The molecule has 4 aromatic rings. The minimum absolute atomic E-state index is 0.0688. The van der Waals surface area contributed by atoms with Crippen molar-refractivity contribution >= 4 is 17.8 Å². The first-order valence-corrected chi connectivity index (χ1v) is 13.2. The van der Waals surface area contributed by atoms with Gasteiger partial charge in [-0.15, -0.1) is 0 Å². The summed E-state index contributed by atoms with van der Waals surface area (Å²) in [7, 11) is 0. The summed E-state index contributed by atoms with van der Waals surface area (Å²) in [6.07, 6.45) is 0.636. The second-order valence-corrected chi connectivity index (χ2v) is 9.35. The Hall–Kier alpha value is -4.17. The van der Waals surface area contributed by atoms with Crippen molar-refractivity contribution in [1.82, 2.24) is 5.32 Å². The molecule has 0 aliphatic carbocycles. The van der Waals surface area contributed by atoms with Gasteiger partial charge in [-0.25, -0.2) is 0 Å². The number of hydrogen-bond donors (Lipinski definition) is 5. The van der Waals surface area contributed by atoms with Crippen molar-refractivity contribution in [3.8, 4) is 5.75 Å². The number of anilines is 2. The maximum Gasteiger partial charge on any atom is 0.211 e. The minimum atomic E-state index is -0.801. The molecular weight excluding hydrogens is 488 g/mol. The zero-order chi connectivity index (χ0) is 27.3. The third-order valence-corrected chi connectivity index (χ3v) is 6.47. The highest BCUT2D eigenvalue weighted by Gasteiger charge is 2.15. The van der Waals surface area contributed by atoms with E-state index in [1.165, 1.54) is 5.56 Å². The van der Waals surface area contributed by atoms with E-state index in [4.69, 9.17) is 10.5 Å². The van der Waals surface area contributed by atoms with Crippen LogP contribution in [0.15, 0.2) is 103 Å². The molecule has 0 radical (unpaired) electrons. The lowest BCUT2D eigenvalue weighted by molar-refractivity contribution is -0.105. The van der Waals surface area contributed by atoms with E-state index in [9.17, 15) is 9.90 Å². The number of hydrogen-bond acceptors (Lipinski definition) is 6. The van der Waals surface area contributed by atoms with E-state index in [2.05, 4.69) is 40.2 Å². The molecule has 7 heteroatoms. The monoisotopic (exact) mass is 524 g/mol. The molecule has 0 bridgehead atoms. The van der Waals surface area contributed by atoms with E-state index < -0.39 is 6.10 Å². The number of carbonyl (C=O) groups excluding carboxylic acids is 1. The van der Waals surface area contributed by atoms with Gasteiger partial charge in [-0.3, -0.25) is 4.79 Å². The summed E-state index contributed by atoms with van der Waals surface area (Å²) >= 11 is 0. The summed E-state index contributed by atoms with van der Waals surface area (Å²) in [5.74, 6) is 0.583. The molecule has 0 spiro atoms. The molecule has 39 heavy (non-hydrogen) atoms. The topological polar surface area (TPSA) is 109 Å². The lowest BCUT2D eigenvalue weighted by atomic mass is 10.1. The first-order chi connectivity index (χ1) is 19.1. The molecule has 202 valence electrons. The van der Waals surface area contributed by atoms with Gasteiger partial charge in [0.25, 0.3) is 0 Å². The Morgan fingerprint density at radius 3 is 2.23 bits per heavy atom. The van der Waals surface area contributed by atoms with Crippen LogP contribution in [0.5, 0.6) is 5.75 Å². The van der Waals surface area contributed by atoms with Crippen LogP contribution in [0, 0.1) is 0 Å². The highest BCUT2D eigenvalue weighted by molar-refractivity contribution is 5.72. The largest absolute Gasteiger partial charge is 0.489 e. The number of aliphatic hydroxyl groups excluding tert-OH is 1. The highest BCUT2D eigenvalue weighted by atomic mass is 16.5. The van der Waals surface area contributed by atoms with Crippen LogP contribution < -0.4 is 26.4 Å². The summed E-state index contributed by atoms with van der Waals surface area (Å²) in [6.45, 7) is 2.10. The predicted octanol–water partition coefficient (Wildman–Crippen LogP) is 4.81. The minimum Gasteiger partial charge on any atom is -0.489 e. The highest BCUT2D eigenvalue weighted by Crippen LogP contribution is 2.29. The molecule has 0 heterocycles. The van der Waals surface area contributed by atoms with E-state index in [0.717, 1.165) is 23.2 Å². The van der Waals surface area contributed by atoms with Crippen LogP contribution >= 0.6 is 0 Å². The van der Waals surface area contributed by atoms with E-state index in [0.29, 0.717) is 49.7 Å². The average Bonchev–Trinajstić information content (AvgIpc) is 2.99. The van der Waals surface area contributed by atoms with Gasteiger partial charge in [0.15, 0.2) is 0 Å². The number of rotatable bonds is 15. The van der Waals surface area contributed by atoms with Gasteiger partial charge in [0.1, 0.15) is 12.4 Å². The van der Waals surface area contributed by atoms with Crippen molar-refractivity contribution in [3.05, 3.63) is 125 Å². The van der Waals surface area contributed by atoms with Crippen LogP contribution in [0.1, 0.15) is 34.4 Å². The summed E-state index contributed by atoms with van der Waals surface area (Å²) < 4.78 is 6.01. The molecule has 6 N–H and O–H groups in total. The fourth-order valence-corrected chi connectivity index (χ4v) is 4.25. The maximum atomic E-state index is 10.9. The Labute approximate surface area is 230 Å². The molecule has 4 rings (SSSR count). The summed E-state index contributed by atoms with van der Waals surface area (Å²) in [4.78, 5) is 10.9. The maximum absolute atomic E-state index is 10.9. The molecule has 0 fully saturated rings. The number of ether oxygens (including phenoxy) is 1. The molecule has 4 aromatic carbocycles. The first-order valence-electron chi connectivity index (χ1n) is 13.2. The summed E-state index contributed by atoms with van der Waals surface area (Å²) in [5.41, 5.74) is 11.9. The molecule has 0 aromatic heterocycles. The Morgan fingerprint density at radius 2 is 1.51 bits per heavy atom. The number of benzene rings is 4. The van der Waals surface area contributed by atoms with Crippen molar-refractivity contribution in [2.75, 3.05) is 30.3 Å². The number of nitrogens with one attached hydrogen (secondary N) is 3. The predicted molar refractivity (Wildman–Crippen MR) is 157 cm³/mol. The van der Waals surface area contributed by atoms with Crippen LogP contribution in [-0.2, 0) is 17.8 Å². The van der Waals surface area contributed by atoms with Gasteiger partial charge in [-0.1, -0.05) is 72.8 Å². The smallest absolute Gasteiger partial charge is 0.211 e. The third kappa shape index (κ3) is 8.68. The normalized spacial score (nSPS) is 12.4. The average molecular weight is 525 g/mol. The molecule has 2 atom stereocenters. The first kappa shape index (κ1) is 27.9. The van der Waals surface area contributed by atoms with Gasteiger partial charge < -0.3 is 31.5 Å². The quantitative estimate of drug-likeness (QED) is 0.113. The van der Waals surface area contributed by atoms with E-state index in [-0.39, 0.29) is 6.04 Å². The zero-order valence-electron chi connectivity index (χ0n) is 21.9. The number of carbonyl (C=O) groups is 1. The van der Waals surface area contributed by atoms with E-state index >= 15 is 0 Å². The summed E-state index contributed by atoms with van der Waals surface area (Å²) in [5, 5.41) is 20.3. The standard InChI is InChI=1S/C32H36N4O3/c33-30(26-9-5-2-6-10-26)20-35-27-13-11-24(12-14-27)17-18-34-21-31(38)29-19-28(36-23-37)15-16-32(29)39-22-25-7-3-1-4-8-25/h1-16,19,23,30-31,34-35,38H,17-18,20-22,33H2,(H,36,37)/t30-,31-/m0/s1. The lowest BCUT2D eigenvalue weighted by Gasteiger charge is -2.18. The van der Waals surface area contributed by atoms with Crippen molar-refractivity contribution < 1.29 is 14.6 Å². The van der Waals surface area contributed by atoms with E-state index in [1.54, 1.807) is 18.2 Å². The molecule has 7 nitrogen and oxygen atoms in total. The van der Waals surface area contributed by atoms with Crippen LogP contribution in [0.4, 0.5) is 11.4 Å². The van der Waals surface area contributed by atoms with Gasteiger partial charge in [-0.2, -0.15) is 0 Å². The van der Waals surface area contributed by atoms with Gasteiger partial charge in [0.2, 0.25) is 6.41 Å². The number of aliphatic hydroxyl groups is 1. The molecule has 1 amide bonds. The Kier molecular flexibility index (Phi) is 10.5. The number of amides is 1. The Morgan fingerprint density at radius 1 is 0.821 bits per heavy atom. The van der Waals surface area contributed by atoms with Crippen molar-refractivity contribution in [1.29, 1.82) is 0 Å². The van der Waals surface area contributed by atoms with Crippen molar-refractivity contribution in [2.45, 2.75) is 25.2 Å². The molecule has 0 aliphatic rings. The van der Waals surface area contributed by atoms with Crippen LogP contribution in [0.25, 0.3) is 0 Å². The van der Waals surface area contributed by atoms with Crippen LogP contribution in [0.2, 0.25) is 0 Å². The zero-order valence-corrected chi connectivity index (χ0v) is 21.9. The van der Waals surface area contributed by atoms with Gasteiger partial charge >= 0.3 is 0 Å². The SMILES string of the molecule is N[C@@H](CNc1ccc(CCNC[C@H](O)c2cc(NC=O)ccc2OCc2ccccc2)cc1)c1ccccc1. The van der Waals surface area contributed by atoms with Gasteiger partial charge in [-0.05, 0) is 60.0 Å². The van der Waals surface area contributed by atoms with Crippen molar-refractivity contribution in [3.63, 3.8) is 0 Å². The molecule has 0 unspecified atom stereocenters. The molecule has 0 saturated carbocycles. The second kappa shape index (κ2) is 14.7. The molecular formula is C32H36N4O3. The molecule has 0 saturated heterocycles. The van der Waals surface area contributed by atoms with Gasteiger partial charge in [0, 0.05) is 36.1 Å². The third-order valence-electron chi connectivity index (χ3n) is 6.47. The summed E-state index contributed by atoms with van der Waals surface area (Å²) in [6, 6.07) is 33.4. The fraction of sp³-hybridized carbons (Fsp3) is 0.219. The number of nitrogens with two attached hydrogens (primary N) is 1. The fourth-order valence-electron chi connectivity index (χ4n) is 4.25. The van der Waals surface area contributed by atoms with Crippen molar-refractivity contribution in [2.24, 2.45) is 5.73 Å². The Balaban J connectivity index is 1.25. The lowest BCUT2D eigenvalue weighted by Crippen LogP contribution is -2.24. The van der Waals surface area contributed by atoms with Crippen LogP contribution in [-0.4, -0.2) is 31.2 Å². The second-order valence-electron chi connectivity index (χ2n) is 9.35.